The van der Waals surface area contributed by atoms with Crippen molar-refractivity contribution in [1.82, 2.24) is 4.90 Å². The average Bonchev–Trinajstić information content (AvgIpc) is 2.72. The normalized spacial score (nSPS) is 20.0. The summed E-state index contributed by atoms with van der Waals surface area (Å²) in [4.78, 5) is 13.0. The average molecular weight is 285 g/mol. The van der Waals surface area contributed by atoms with Gasteiger partial charge in [-0.25, -0.2) is 0 Å². The predicted octanol–water partition coefficient (Wildman–Crippen LogP) is 1.65. The summed E-state index contributed by atoms with van der Waals surface area (Å²) >= 11 is 0. The molecule has 0 aromatic heterocycles. The van der Waals surface area contributed by atoms with Crippen LogP contribution in [0.5, 0.6) is 0 Å². The first kappa shape index (κ1) is 14.0. The summed E-state index contributed by atoms with van der Waals surface area (Å²) in [6, 6.07) is 7.76. The molecule has 4 nitrogen and oxygen atoms in total. The molecule has 1 aliphatic heterocycles. The lowest BCUT2D eigenvalue weighted by Crippen LogP contribution is -2.26. The second-order valence-corrected chi connectivity index (χ2v) is 6.36. The lowest BCUT2D eigenvalue weighted by molar-refractivity contribution is -0.128. The smallest absolute Gasteiger partial charge is 0.307 e. The van der Waals surface area contributed by atoms with Crippen LogP contribution in [0.2, 0.25) is 0 Å². The topological polar surface area (TPSA) is 54.5 Å². The molecule has 1 atom stereocenters. The maximum absolute atomic E-state index is 12.9. The van der Waals surface area contributed by atoms with Crippen LogP contribution in [0.25, 0.3) is 0 Å². The number of halogens is 1. The zero-order chi connectivity index (χ0) is 14.0. The number of carbonyl (C=O) groups is 1. The summed E-state index contributed by atoms with van der Waals surface area (Å²) in [5.74, 6) is -0.314. The second kappa shape index (κ2) is 5.28. The molecular weight excluding hydrogens is 269 g/mol. The molecule has 0 spiro atoms. The van der Waals surface area contributed by atoms with Crippen LogP contribution in [0.4, 0.5) is 3.89 Å². The summed E-state index contributed by atoms with van der Waals surface area (Å²) < 4.78 is 34.5. The van der Waals surface area contributed by atoms with Crippen molar-refractivity contribution >= 4 is 16.1 Å². The Morgan fingerprint density at radius 3 is 2.32 bits per heavy atom. The van der Waals surface area contributed by atoms with E-state index in [2.05, 4.69) is 6.92 Å². The molecule has 0 radical (unpaired) electrons. The van der Waals surface area contributed by atoms with Crippen LogP contribution < -0.4 is 0 Å². The molecule has 104 valence electrons. The molecule has 1 fully saturated rings. The van der Waals surface area contributed by atoms with E-state index < -0.39 is 15.5 Å². The molecule has 1 aliphatic rings. The Balaban J connectivity index is 2.05. The van der Waals surface area contributed by atoms with E-state index in [0.717, 1.165) is 12.0 Å². The number of amides is 1. The van der Waals surface area contributed by atoms with Gasteiger partial charge in [0.2, 0.25) is 5.91 Å². The van der Waals surface area contributed by atoms with Gasteiger partial charge in [-0.15, -0.1) is 3.89 Å². The van der Waals surface area contributed by atoms with Crippen molar-refractivity contribution < 1.29 is 17.1 Å². The lowest BCUT2D eigenvalue weighted by Gasteiger charge is -2.16. The van der Waals surface area contributed by atoms with Crippen LogP contribution in [0.3, 0.4) is 0 Å². The Morgan fingerprint density at radius 2 is 1.84 bits per heavy atom. The van der Waals surface area contributed by atoms with Gasteiger partial charge in [0.05, 0.1) is 0 Å². The Morgan fingerprint density at radius 1 is 1.26 bits per heavy atom. The van der Waals surface area contributed by atoms with Crippen molar-refractivity contribution in [2.75, 3.05) is 6.54 Å². The highest BCUT2D eigenvalue weighted by Crippen LogP contribution is 2.21. The van der Waals surface area contributed by atoms with Crippen molar-refractivity contribution in [2.24, 2.45) is 0 Å². The van der Waals surface area contributed by atoms with E-state index in [4.69, 9.17) is 0 Å². The largest absolute Gasteiger partial charge is 0.337 e. The lowest BCUT2D eigenvalue weighted by atomic mass is 10.1. The number of nitrogens with zero attached hydrogens (tertiary/aromatic N) is 1. The number of rotatable bonds is 4. The van der Waals surface area contributed by atoms with Crippen LogP contribution in [-0.2, 0) is 28.0 Å². The molecule has 1 saturated heterocycles. The molecule has 6 heteroatoms. The summed E-state index contributed by atoms with van der Waals surface area (Å²) in [5, 5.41) is -1.21. The number of carbonyl (C=O) groups excluding carboxylic acids is 1. The molecule has 0 aliphatic carbocycles. The molecular formula is C13H16FNO3S. The van der Waals surface area contributed by atoms with Gasteiger partial charge in [0.1, 0.15) is 5.25 Å². The summed E-state index contributed by atoms with van der Waals surface area (Å²) in [6.07, 6.45) is 0.678. The standard InChI is InChI=1S/C13H16FNO3S/c1-2-10-3-5-11(6-4-10)8-15-9-12(7-13(15)16)19(14,17)18/h3-6,12H,2,7-9H2,1H3. The van der Waals surface area contributed by atoms with Gasteiger partial charge in [-0.1, -0.05) is 31.2 Å². The molecule has 1 amide bonds. The van der Waals surface area contributed by atoms with E-state index >= 15 is 0 Å². The monoisotopic (exact) mass is 285 g/mol. The molecule has 0 N–H and O–H groups in total. The molecule has 0 saturated carbocycles. The van der Waals surface area contributed by atoms with Crippen molar-refractivity contribution in [1.29, 1.82) is 0 Å². The van der Waals surface area contributed by atoms with E-state index in [0.29, 0.717) is 6.54 Å². The number of hydrogen-bond acceptors (Lipinski definition) is 3. The molecule has 1 unspecified atom stereocenters. The zero-order valence-electron chi connectivity index (χ0n) is 10.7. The van der Waals surface area contributed by atoms with Gasteiger partial charge in [-0.05, 0) is 17.5 Å². The Hall–Kier alpha value is -1.43. The van der Waals surface area contributed by atoms with Crippen LogP contribution in [0.1, 0.15) is 24.5 Å². The van der Waals surface area contributed by atoms with E-state index in [1.54, 1.807) is 0 Å². The van der Waals surface area contributed by atoms with Gasteiger partial charge in [0.15, 0.2) is 0 Å². The molecule has 19 heavy (non-hydrogen) atoms. The van der Waals surface area contributed by atoms with E-state index in [1.165, 1.54) is 10.5 Å². The third-order valence-corrected chi connectivity index (χ3v) is 4.49. The van der Waals surface area contributed by atoms with Gasteiger partial charge >= 0.3 is 10.2 Å². The van der Waals surface area contributed by atoms with Crippen LogP contribution in [0.15, 0.2) is 24.3 Å². The molecule has 0 bridgehead atoms. The first-order chi connectivity index (χ1) is 8.90. The maximum Gasteiger partial charge on any atom is 0.307 e. The SMILES string of the molecule is CCc1ccc(CN2CC(S(=O)(=O)F)CC2=O)cc1. The van der Waals surface area contributed by atoms with Gasteiger partial charge in [-0.3, -0.25) is 4.79 Å². The van der Waals surface area contributed by atoms with Gasteiger partial charge in [-0.2, -0.15) is 8.42 Å². The fourth-order valence-corrected chi connectivity index (χ4v) is 2.88. The second-order valence-electron chi connectivity index (χ2n) is 4.75. The number of aryl methyl sites for hydroxylation is 1. The number of likely N-dealkylation sites (tertiary alicyclic amines) is 1. The van der Waals surface area contributed by atoms with Gasteiger partial charge < -0.3 is 4.90 Å². The van der Waals surface area contributed by atoms with E-state index in [1.807, 2.05) is 24.3 Å². The Bertz CT molecular complexity index is 568. The quantitative estimate of drug-likeness (QED) is 0.790. The fourth-order valence-electron chi connectivity index (χ4n) is 2.18. The molecule has 1 aromatic carbocycles. The Labute approximate surface area is 112 Å². The number of hydrogen-bond donors (Lipinski definition) is 0. The predicted molar refractivity (Wildman–Crippen MR) is 69.7 cm³/mol. The minimum atomic E-state index is -4.63. The summed E-state index contributed by atoms with van der Waals surface area (Å²) in [5.41, 5.74) is 2.11. The fraction of sp³-hybridized carbons (Fsp3) is 0.462. The third-order valence-electron chi connectivity index (χ3n) is 3.38. The highest BCUT2D eigenvalue weighted by atomic mass is 32.3. The van der Waals surface area contributed by atoms with Crippen LogP contribution in [-0.4, -0.2) is 31.0 Å². The number of benzene rings is 1. The van der Waals surface area contributed by atoms with Crippen molar-refractivity contribution in [2.45, 2.75) is 31.6 Å². The highest BCUT2D eigenvalue weighted by Gasteiger charge is 2.38. The maximum atomic E-state index is 12.9. The Kier molecular flexibility index (Phi) is 3.89. The van der Waals surface area contributed by atoms with Crippen molar-refractivity contribution in [3.63, 3.8) is 0 Å². The molecule has 2 rings (SSSR count). The summed E-state index contributed by atoms with van der Waals surface area (Å²) in [6.45, 7) is 2.32. The van der Waals surface area contributed by atoms with E-state index in [-0.39, 0.29) is 18.9 Å². The summed E-state index contributed by atoms with van der Waals surface area (Å²) in [7, 11) is -4.63. The molecule has 1 heterocycles. The first-order valence-corrected chi connectivity index (χ1v) is 7.64. The highest BCUT2D eigenvalue weighted by molar-refractivity contribution is 7.87. The molecule has 1 aromatic rings. The zero-order valence-corrected chi connectivity index (χ0v) is 11.5. The van der Waals surface area contributed by atoms with Crippen LogP contribution >= 0.6 is 0 Å². The van der Waals surface area contributed by atoms with Gasteiger partial charge in [0, 0.05) is 19.5 Å². The van der Waals surface area contributed by atoms with Gasteiger partial charge in [0.25, 0.3) is 0 Å². The van der Waals surface area contributed by atoms with Crippen LogP contribution in [0, 0.1) is 0 Å². The third kappa shape index (κ3) is 3.32. The first-order valence-electron chi connectivity index (χ1n) is 6.19. The van der Waals surface area contributed by atoms with Crippen molar-refractivity contribution in [3.8, 4) is 0 Å². The van der Waals surface area contributed by atoms with Crippen molar-refractivity contribution in [3.05, 3.63) is 35.4 Å². The minimum absolute atomic E-state index is 0.0623. The minimum Gasteiger partial charge on any atom is -0.337 e. The van der Waals surface area contributed by atoms with E-state index in [9.17, 15) is 17.1 Å².